The van der Waals surface area contributed by atoms with Crippen molar-refractivity contribution >= 4 is 21.6 Å². The molecule has 18 heavy (non-hydrogen) atoms. The molecule has 1 aromatic heterocycles. The number of furan rings is 1. The van der Waals surface area contributed by atoms with Crippen molar-refractivity contribution in [1.82, 2.24) is 0 Å². The minimum absolute atomic E-state index is 0.127. The highest BCUT2D eigenvalue weighted by molar-refractivity contribution is 9.10. The van der Waals surface area contributed by atoms with Gasteiger partial charge in [-0.3, -0.25) is 0 Å². The third-order valence-corrected chi connectivity index (χ3v) is 3.25. The molecule has 2 rings (SSSR count). The van der Waals surface area contributed by atoms with Gasteiger partial charge in [0.2, 0.25) is 0 Å². The summed E-state index contributed by atoms with van der Waals surface area (Å²) < 4.78 is 19.4. The van der Waals surface area contributed by atoms with Gasteiger partial charge in [0.25, 0.3) is 0 Å². The molecule has 0 saturated heterocycles. The molecule has 2 aromatic rings. The Kier molecular flexibility index (Phi) is 4.04. The quantitative estimate of drug-likeness (QED) is 0.941. The van der Waals surface area contributed by atoms with Gasteiger partial charge in [-0.2, -0.15) is 0 Å². The highest BCUT2D eigenvalue weighted by atomic mass is 79.9. The van der Waals surface area contributed by atoms with Crippen LogP contribution in [-0.4, -0.2) is 13.6 Å². The zero-order valence-electron chi connectivity index (χ0n) is 9.94. The summed E-state index contributed by atoms with van der Waals surface area (Å²) >= 11 is 3.26. The predicted molar refractivity (Wildman–Crippen MR) is 73.0 cm³/mol. The Morgan fingerprint density at radius 1 is 1.39 bits per heavy atom. The number of likely N-dealkylation sites (N-methyl/N-ethyl adjacent to an activating group) is 1. The lowest BCUT2D eigenvalue weighted by Gasteiger charge is -2.27. The molecule has 0 fully saturated rings. The summed E-state index contributed by atoms with van der Waals surface area (Å²) in [6, 6.07) is 9.95. The highest BCUT2D eigenvalue weighted by Crippen LogP contribution is 2.28. The number of hydrogen-bond donors (Lipinski definition) is 1. The summed E-state index contributed by atoms with van der Waals surface area (Å²) in [6.07, 6.45) is 0. The van der Waals surface area contributed by atoms with Crippen molar-refractivity contribution in [2.45, 2.75) is 6.04 Å². The van der Waals surface area contributed by atoms with Crippen LogP contribution in [0, 0.1) is 5.82 Å². The molecule has 1 aromatic carbocycles. The highest BCUT2D eigenvalue weighted by Gasteiger charge is 2.19. The molecule has 3 nitrogen and oxygen atoms in total. The first kappa shape index (κ1) is 13.1. The molecule has 0 aliphatic heterocycles. The maximum atomic E-state index is 13.2. The summed E-state index contributed by atoms with van der Waals surface area (Å²) in [6.45, 7) is 0.382. The first-order chi connectivity index (χ1) is 8.61. The summed E-state index contributed by atoms with van der Waals surface area (Å²) in [7, 11) is 1.86. The molecule has 1 heterocycles. The van der Waals surface area contributed by atoms with E-state index in [4.69, 9.17) is 10.2 Å². The second-order valence-electron chi connectivity index (χ2n) is 3.98. The Labute approximate surface area is 114 Å². The van der Waals surface area contributed by atoms with E-state index >= 15 is 0 Å². The van der Waals surface area contributed by atoms with Gasteiger partial charge in [-0.1, -0.05) is 6.07 Å². The van der Waals surface area contributed by atoms with E-state index in [2.05, 4.69) is 15.9 Å². The van der Waals surface area contributed by atoms with Crippen LogP contribution in [0.4, 0.5) is 10.1 Å². The van der Waals surface area contributed by atoms with Crippen LogP contribution in [0.25, 0.3) is 0 Å². The summed E-state index contributed by atoms with van der Waals surface area (Å²) in [5.41, 5.74) is 6.54. The number of hydrogen-bond acceptors (Lipinski definition) is 3. The second kappa shape index (κ2) is 5.54. The van der Waals surface area contributed by atoms with Crippen molar-refractivity contribution < 1.29 is 8.81 Å². The molecule has 0 radical (unpaired) electrons. The van der Waals surface area contributed by atoms with Crippen LogP contribution >= 0.6 is 15.9 Å². The number of benzene rings is 1. The molecule has 5 heteroatoms. The van der Waals surface area contributed by atoms with E-state index in [-0.39, 0.29) is 11.9 Å². The van der Waals surface area contributed by atoms with Crippen molar-refractivity contribution in [3.05, 3.63) is 52.6 Å². The average Bonchev–Trinajstić information content (AvgIpc) is 2.76. The van der Waals surface area contributed by atoms with Crippen LogP contribution in [0.15, 0.2) is 45.5 Å². The van der Waals surface area contributed by atoms with Crippen molar-refractivity contribution in [1.29, 1.82) is 0 Å². The van der Waals surface area contributed by atoms with Gasteiger partial charge in [-0.25, -0.2) is 4.39 Å². The molecule has 1 unspecified atom stereocenters. The van der Waals surface area contributed by atoms with Gasteiger partial charge in [0.05, 0.1) is 6.04 Å². The Bertz CT molecular complexity index is 529. The van der Waals surface area contributed by atoms with Gasteiger partial charge in [-0.05, 0) is 46.3 Å². The molecule has 0 aliphatic carbocycles. The number of nitrogens with two attached hydrogens (primary N) is 1. The molecule has 1 atom stereocenters. The number of halogens is 2. The molecular formula is C13H14BrFN2O. The van der Waals surface area contributed by atoms with E-state index in [1.165, 1.54) is 12.1 Å². The second-order valence-corrected chi connectivity index (χ2v) is 4.77. The van der Waals surface area contributed by atoms with Gasteiger partial charge < -0.3 is 15.1 Å². The average molecular weight is 313 g/mol. The van der Waals surface area contributed by atoms with Gasteiger partial charge >= 0.3 is 0 Å². The monoisotopic (exact) mass is 312 g/mol. The summed E-state index contributed by atoms with van der Waals surface area (Å²) in [5.74, 6) is 0.479. The fourth-order valence-electron chi connectivity index (χ4n) is 1.85. The molecule has 2 N–H and O–H groups in total. The van der Waals surface area contributed by atoms with Crippen LogP contribution in [0.3, 0.4) is 0 Å². The van der Waals surface area contributed by atoms with E-state index in [1.54, 1.807) is 6.07 Å². The molecule has 0 saturated carbocycles. The predicted octanol–water partition coefficient (Wildman–Crippen LogP) is 3.32. The normalized spacial score (nSPS) is 12.4. The van der Waals surface area contributed by atoms with E-state index in [0.29, 0.717) is 11.2 Å². The lowest BCUT2D eigenvalue weighted by molar-refractivity contribution is 0.444. The molecule has 96 valence electrons. The first-order valence-electron chi connectivity index (χ1n) is 5.55. The Hall–Kier alpha value is -1.33. The van der Waals surface area contributed by atoms with Gasteiger partial charge in [0, 0.05) is 19.3 Å². The SMILES string of the molecule is CN(c1cccc(F)c1)C(CN)c1ccc(Br)o1. The van der Waals surface area contributed by atoms with Crippen molar-refractivity contribution in [3.8, 4) is 0 Å². The zero-order chi connectivity index (χ0) is 13.1. The van der Waals surface area contributed by atoms with E-state index in [0.717, 1.165) is 11.4 Å². The topological polar surface area (TPSA) is 42.4 Å². The Morgan fingerprint density at radius 2 is 2.17 bits per heavy atom. The first-order valence-corrected chi connectivity index (χ1v) is 6.35. The van der Waals surface area contributed by atoms with Crippen molar-refractivity contribution in [2.24, 2.45) is 5.73 Å². The van der Waals surface area contributed by atoms with Gasteiger partial charge in [-0.15, -0.1) is 0 Å². The molecular weight excluding hydrogens is 299 g/mol. The lowest BCUT2D eigenvalue weighted by Crippen LogP contribution is -2.30. The van der Waals surface area contributed by atoms with E-state index in [9.17, 15) is 4.39 Å². The number of rotatable bonds is 4. The standard InChI is InChI=1S/C13H14BrFN2O/c1-17(10-4-2-3-9(15)7-10)11(8-16)12-5-6-13(14)18-12/h2-7,11H,8,16H2,1H3. The minimum atomic E-state index is -0.268. The van der Waals surface area contributed by atoms with E-state index < -0.39 is 0 Å². The van der Waals surface area contributed by atoms with Gasteiger partial charge in [0.1, 0.15) is 11.6 Å². The summed E-state index contributed by atoms with van der Waals surface area (Å²) in [5, 5.41) is 0. The molecule has 0 spiro atoms. The van der Waals surface area contributed by atoms with Crippen molar-refractivity contribution in [3.63, 3.8) is 0 Å². The fraction of sp³-hybridized carbons (Fsp3) is 0.231. The number of anilines is 1. The zero-order valence-corrected chi connectivity index (χ0v) is 11.5. The third kappa shape index (κ3) is 2.73. The van der Waals surface area contributed by atoms with Crippen LogP contribution in [0.2, 0.25) is 0 Å². The molecule has 0 bridgehead atoms. The lowest BCUT2D eigenvalue weighted by atomic mass is 10.1. The largest absolute Gasteiger partial charge is 0.452 e. The van der Waals surface area contributed by atoms with Crippen LogP contribution in [0.5, 0.6) is 0 Å². The maximum absolute atomic E-state index is 13.2. The molecule has 0 aliphatic rings. The van der Waals surface area contributed by atoms with Crippen molar-refractivity contribution in [2.75, 3.05) is 18.5 Å². The Balaban J connectivity index is 2.28. The van der Waals surface area contributed by atoms with Gasteiger partial charge in [0.15, 0.2) is 4.67 Å². The Morgan fingerprint density at radius 3 is 2.72 bits per heavy atom. The minimum Gasteiger partial charge on any atom is -0.452 e. The smallest absolute Gasteiger partial charge is 0.169 e. The molecule has 0 amide bonds. The van der Waals surface area contributed by atoms with Crippen LogP contribution in [-0.2, 0) is 0 Å². The van der Waals surface area contributed by atoms with Crippen LogP contribution in [0.1, 0.15) is 11.8 Å². The number of nitrogens with zero attached hydrogens (tertiary/aromatic N) is 1. The van der Waals surface area contributed by atoms with E-state index in [1.807, 2.05) is 30.1 Å². The fourth-order valence-corrected chi connectivity index (χ4v) is 2.17. The summed E-state index contributed by atoms with van der Waals surface area (Å²) in [4.78, 5) is 1.90. The third-order valence-electron chi connectivity index (χ3n) is 2.83. The van der Waals surface area contributed by atoms with Crippen LogP contribution < -0.4 is 10.6 Å². The maximum Gasteiger partial charge on any atom is 0.169 e.